The molecule has 4 heteroatoms. The monoisotopic (exact) mass is 207 g/mol. The first-order valence-electron chi connectivity index (χ1n) is 4.57. The van der Waals surface area contributed by atoms with Crippen LogP contribution in [0.5, 0.6) is 11.5 Å². The van der Waals surface area contributed by atoms with Crippen LogP contribution in [0.25, 0.3) is 0 Å². The zero-order chi connectivity index (χ0) is 11.1. The van der Waals surface area contributed by atoms with Crippen LogP contribution < -0.4 is 9.47 Å². The molecule has 0 amide bonds. The molecule has 0 bridgehead atoms. The first-order chi connectivity index (χ1) is 7.33. The molecular formula is C11H13NO3. The SMILES string of the molecule is COc1cccc(CCN=C=O)c1OC. The Morgan fingerprint density at radius 2 is 2.13 bits per heavy atom. The van der Waals surface area contributed by atoms with Gasteiger partial charge in [0.15, 0.2) is 11.5 Å². The van der Waals surface area contributed by atoms with E-state index in [9.17, 15) is 4.79 Å². The fraction of sp³-hybridized carbons (Fsp3) is 0.364. The third-order valence-corrected chi connectivity index (χ3v) is 2.04. The minimum Gasteiger partial charge on any atom is -0.493 e. The molecule has 0 fully saturated rings. The van der Waals surface area contributed by atoms with Gasteiger partial charge >= 0.3 is 0 Å². The lowest BCUT2D eigenvalue weighted by molar-refractivity contribution is 0.352. The summed E-state index contributed by atoms with van der Waals surface area (Å²) in [5.74, 6) is 1.38. The van der Waals surface area contributed by atoms with Crippen LogP contribution in [0.1, 0.15) is 5.56 Å². The smallest absolute Gasteiger partial charge is 0.234 e. The number of hydrogen-bond donors (Lipinski definition) is 0. The second kappa shape index (κ2) is 5.83. The first-order valence-corrected chi connectivity index (χ1v) is 4.57. The van der Waals surface area contributed by atoms with Crippen molar-refractivity contribution in [2.24, 2.45) is 4.99 Å². The highest BCUT2D eigenvalue weighted by molar-refractivity contribution is 5.46. The maximum absolute atomic E-state index is 9.93. The lowest BCUT2D eigenvalue weighted by Crippen LogP contribution is -1.97. The van der Waals surface area contributed by atoms with E-state index >= 15 is 0 Å². The summed E-state index contributed by atoms with van der Waals surface area (Å²) in [6.07, 6.45) is 2.14. The van der Waals surface area contributed by atoms with Gasteiger partial charge in [-0.25, -0.2) is 9.79 Å². The molecule has 0 aliphatic heterocycles. The number of ether oxygens (including phenoxy) is 2. The third-order valence-electron chi connectivity index (χ3n) is 2.04. The summed E-state index contributed by atoms with van der Waals surface area (Å²) in [4.78, 5) is 13.4. The van der Waals surface area contributed by atoms with Crippen LogP contribution in [0.2, 0.25) is 0 Å². The Morgan fingerprint density at radius 3 is 2.73 bits per heavy atom. The van der Waals surface area contributed by atoms with Gasteiger partial charge in [-0.15, -0.1) is 0 Å². The fourth-order valence-corrected chi connectivity index (χ4v) is 1.37. The highest BCUT2D eigenvalue weighted by Gasteiger charge is 2.08. The second-order valence-corrected chi connectivity index (χ2v) is 2.88. The summed E-state index contributed by atoms with van der Waals surface area (Å²) in [7, 11) is 3.18. The zero-order valence-corrected chi connectivity index (χ0v) is 8.82. The van der Waals surface area contributed by atoms with Crippen molar-refractivity contribution in [2.75, 3.05) is 20.8 Å². The molecule has 0 saturated heterocycles. The van der Waals surface area contributed by atoms with Crippen LogP contribution in [0.15, 0.2) is 23.2 Å². The van der Waals surface area contributed by atoms with Gasteiger partial charge in [0.25, 0.3) is 0 Å². The summed E-state index contributed by atoms with van der Waals surface area (Å²) in [6.45, 7) is 0.410. The van der Waals surface area contributed by atoms with Gasteiger partial charge < -0.3 is 9.47 Å². The summed E-state index contributed by atoms with van der Waals surface area (Å²) < 4.78 is 10.4. The second-order valence-electron chi connectivity index (χ2n) is 2.88. The Bertz CT molecular complexity index is 370. The fourth-order valence-electron chi connectivity index (χ4n) is 1.37. The van der Waals surface area contributed by atoms with Crippen molar-refractivity contribution >= 4 is 6.08 Å². The predicted octanol–water partition coefficient (Wildman–Crippen LogP) is 1.58. The van der Waals surface area contributed by atoms with Crippen LogP contribution >= 0.6 is 0 Å². The topological polar surface area (TPSA) is 47.9 Å². The van der Waals surface area contributed by atoms with E-state index in [-0.39, 0.29) is 0 Å². The number of methoxy groups -OCH3 is 2. The van der Waals surface area contributed by atoms with Crippen molar-refractivity contribution in [1.82, 2.24) is 0 Å². The summed E-state index contributed by atoms with van der Waals surface area (Å²) >= 11 is 0. The van der Waals surface area contributed by atoms with Crippen molar-refractivity contribution < 1.29 is 14.3 Å². The Kier molecular flexibility index (Phi) is 4.38. The number of aliphatic imine (C=N–C) groups is 1. The van der Waals surface area contributed by atoms with Gasteiger partial charge in [0.05, 0.1) is 20.8 Å². The molecule has 0 unspecified atom stereocenters. The number of para-hydroxylation sites is 1. The minimum absolute atomic E-state index is 0.410. The molecule has 0 spiro atoms. The first kappa shape index (κ1) is 11.3. The maximum atomic E-state index is 9.93. The molecule has 1 aromatic rings. The third kappa shape index (κ3) is 2.82. The van der Waals surface area contributed by atoms with Gasteiger partial charge in [-0.2, -0.15) is 0 Å². The molecule has 80 valence electrons. The number of hydrogen-bond acceptors (Lipinski definition) is 4. The van der Waals surface area contributed by atoms with Crippen LogP contribution in [0.4, 0.5) is 0 Å². The van der Waals surface area contributed by atoms with Crippen molar-refractivity contribution in [3.63, 3.8) is 0 Å². The van der Waals surface area contributed by atoms with E-state index in [4.69, 9.17) is 9.47 Å². The predicted molar refractivity (Wildman–Crippen MR) is 56.2 cm³/mol. The molecule has 4 nitrogen and oxygen atoms in total. The van der Waals surface area contributed by atoms with Gasteiger partial charge in [-0.1, -0.05) is 12.1 Å². The summed E-state index contributed by atoms with van der Waals surface area (Å²) in [6, 6.07) is 5.62. The van der Waals surface area contributed by atoms with Gasteiger partial charge in [0.1, 0.15) is 0 Å². The molecule has 0 aliphatic rings. The van der Waals surface area contributed by atoms with E-state index in [2.05, 4.69) is 4.99 Å². The average molecular weight is 207 g/mol. The van der Waals surface area contributed by atoms with Crippen molar-refractivity contribution in [3.8, 4) is 11.5 Å². The Morgan fingerprint density at radius 1 is 1.33 bits per heavy atom. The number of isocyanates is 1. The molecule has 0 aliphatic carbocycles. The molecule has 0 heterocycles. The van der Waals surface area contributed by atoms with E-state index in [1.807, 2.05) is 18.2 Å². The molecule has 15 heavy (non-hydrogen) atoms. The Hall–Kier alpha value is -1.80. The number of carbonyl (C=O) groups excluding carboxylic acids is 1. The molecular weight excluding hydrogens is 194 g/mol. The van der Waals surface area contributed by atoms with E-state index in [1.165, 1.54) is 6.08 Å². The standard InChI is InChI=1S/C11H13NO3/c1-14-10-5-3-4-9(11(10)15-2)6-7-12-8-13/h3-5H,6-7H2,1-2H3. The zero-order valence-electron chi connectivity index (χ0n) is 8.82. The van der Waals surface area contributed by atoms with E-state index in [0.717, 1.165) is 5.56 Å². The van der Waals surface area contributed by atoms with Crippen LogP contribution in [0.3, 0.4) is 0 Å². The molecule has 0 radical (unpaired) electrons. The molecule has 0 N–H and O–H groups in total. The summed E-state index contributed by atoms with van der Waals surface area (Å²) in [5.41, 5.74) is 0.968. The van der Waals surface area contributed by atoms with Crippen molar-refractivity contribution in [2.45, 2.75) is 6.42 Å². The molecule has 1 aromatic carbocycles. The van der Waals surface area contributed by atoms with E-state index in [0.29, 0.717) is 24.5 Å². The van der Waals surface area contributed by atoms with E-state index in [1.54, 1.807) is 14.2 Å². The van der Waals surface area contributed by atoms with Crippen LogP contribution in [-0.2, 0) is 11.2 Å². The van der Waals surface area contributed by atoms with Gasteiger partial charge in [-0.3, -0.25) is 0 Å². The van der Waals surface area contributed by atoms with Crippen LogP contribution in [-0.4, -0.2) is 26.8 Å². The number of benzene rings is 1. The Balaban J connectivity index is 2.90. The molecule has 1 rings (SSSR count). The van der Waals surface area contributed by atoms with Crippen LogP contribution in [0, 0.1) is 0 Å². The van der Waals surface area contributed by atoms with E-state index < -0.39 is 0 Å². The van der Waals surface area contributed by atoms with Gasteiger partial charge in [0, 0.05) is 0 Å². The Labute approximate surface area is 88.5 Å². The lowest BCUT2D eigenvalue weighted by atomic mass is 10.1. The highest BCUT2D eigenvalue weighted by Crippen LogP contribution is 2.30. The number of rotatable bonds is 5. The maximum Gasteiger partial charge on any atom is 0.234 e. The normalized spacial score (nSPS) is 9.20. The largest absolute Gasteiger partial charge is 0.493 e. The number of nitrogens with zero attached hydrogens (tertiary/aromatic N) is 1. The van der Waals surface area contributed by atoms with Gasteiger partial charge in [-0.05, 0) is 18.1 Å². The van der Waals surface area contributed by atoms with Crippen molar-refractivity contribution in [3.05, 3.63) is 23.8 Å². The molecule has 0 atom stereocenters. The average Bonchev–Trinajstić information content (AvgIpc) is 2.29. The minimum atomic E-state index is 0.410. The van der Waals surface area contributed by atoms with Gasteiger partial charge in [0.2, 0.25) is 6.08 Å². The molecule has 0 saturated carbocycles. The lowest BCUT2D eigenvalue weighted by Gasteiger charge is -2.11. The molecule has 0 aromatic heterocycles. The van der Waals surface area contributed by atoms with Crippen molar-refractivity contribution in [1.29, 1.82) is 0 Å². The highest BCUT2D eigenvalue weighted by atomic mass is 16.5. The quantitative estimate of drug-likeness (QED) is 0.544. The summed E-state index contributed by atoms with van der Waals surface area (Å²) in [5, 5.41) is 0.